The summed E-state index contributed by atoms with van der Waals surface area (Å²) in [7, 11) is 0. The van der Waals surface area contributed by atoms with Gasteiger partial charge in [0.1, 0.15) is 5.82 Å². The lowest BCUT2D eigenvalue weighted by atomic mass is 9.63. The Morgan fingerprint density at radius 1 is 1.08 bits per heavy atom. The van der Waals surface area contributed by atoms with Gasteiger partial charge in [0.05, 0.1) is 9.75 Å². The molecule has 1 aromatic heterocycles. The van der Waals surface area contributed by atoms with Crippen molar-refractivity contribution in [3.05, 3.63) is 57.0 Å². The summed E-state index contributed by atoms with van der Waals surface area (Å²) in [5.41, 5.74) is 0.530. The summed E-state index contributed by atoms with van der Waals surface area (Å²) < 4.78 is 14.1. The van der Waals surface area contributed by atoms with Gasteiger partial charge in [-0.05, 0) is 42.7 Å². The van der Waals surface area contributed by atoms with Crippen LogP contribution >= 0.6 is 22.9 Å². The van der Waals surface area contributed by atoms with Crippen molar-refractivity contribution in [1.29, 1.82) is 0 Å². The number of carbonyl (C=O) groups is 1. The highest BCUT2D eigenvalue weighted by Gasteiger charge is 2.47. The second kappa shape index (κ2) is 7.29. The Morgan fingerprint density at radius 3 is 2.31 bits per heavy atom. The second-order valence-corrected chi connectivity index (χ2v) is 9.02. The number of nitrogens with zero attached hydrogens (tertiary/aromatic N) is 2. The SMILES string of the molecule is O=C(N1CCN(Cc2ccc(Cl)s2)CC1)C1(c2ccc(F)cc2)CCC1. The molecule has 1 aromatic carbocycles. The smallest absolute Gasteiger partial charge is 0.233 e. The maximum Gasteiger partial charge on any atom is 0.233 e. The molecule has 2 fully saturated rings. The number of halogens is 2. The van der Waals surface area contributed by atoms with Gasteiger partial charge in [-0.1, -0.05) is 30.2 Å². The molecule has 1 saturated carbocycles. The molecule has 2 aromatic rings. The number of piperazine rings is 1. The summed E-state index contributed by atoms with van der Waals surface area (Å²) in [6, 6.07) is 10.5. The fraction of sp³-hybridized carbons (Fsp3) is 0.450. The van der Waals surface area contributed by atoms with Crippen LogP contribution in [0.1, 0.15) is 29.7 Å². The molecule has 6 heteroatoms. The molecule has 1 aliphatic carbocycles. The number of thiophene rings is 1. The number of amides is 1. The molecule has 4 rings (SSSR count). The Kier molecular flexibility index (Phi) is 5.04. The summed E-state index contributed by atoms with van der Waals surface area (Å²) in [5.74, 6) is -0.0351. The number of hydrogen-bond acceptors (Lipinski definition) is 3. The average molecular weight is 393 g/mol. The summed E-state index contributed by atoms with van der Waals surface area (Å²) in [5, 5.41) is 0. The van der Waals surface area contributed by atoms with Gasteiger partial charge in [-0.15, -0.1) is 11.3 Å². The van der Waals surface area contributed by atoms with Gasteiger partial charge in [0.15, 0.2) is 0 Å². The van der Waals surface area contributed by atoms with Gasteiger partial charge in [-0.2, -0.15) is 0 Å². The van der Waals surface area contributed by atoms with Crippen molar-refractivity contribution in [2.45, 2.75) is 31.2 Å². The number of rotatable bonds is 4. The largest absolute Gasteiger partial charge is 0.339 e. The average Bonchev–Trinajstić information content (AvgIpc) is 3.01. The number of benzene rings is 1. The molecular formula is C20H22ClFN2OS. The number of hydrogen-bond donors (Lipinski definition) is 0. The molecule has 2 aliphatic rings. The minimum atomic E-state index is -0.433. The maximum atomic E-state index is 13.3. The van der Waals surface area contributed by atoms with Crippen LogP contribution < -0.4 is 0 Å². The minimum Gasteiger partial charge on any atom is -0.339 e. The van der Waals surface area contributed by atoms with Crippen LogP contribution in [-0.2, 0) is 16.8 Å². The first-order valence-electron chi connectivity index (χ1n) is 9.09. The van der Waals surface area contributed by atoms with Gasteiger partial charge in [0.25, 0.3) is 0 Å². The van der Waals surface area contributed by atoms with Gasteiger partial charge in [0, 0.05) is 37.6 Å². The molecule has 1 aliphatic heterocycles. The Morgan fingerprint density at radius 2 is 1.77 bits per heavy atom. The fourth-order valence-electron chi connectivity index (χ4n) is 3.99. The molecule has 138 valence electrons. The maximum absolute atomic E-state index is 13.3. The lowest BCUT2D eigenvalue weighted by molar-refractivity contribution is -0.142. The van der Waals surface area contributed by atoms with Gasteiger partial charge in [-0.3, -0.25) is 9.69 Å². The van der Waals surface area contributed by atoms with Crippen molar-refractivity contribution in [3.63, 3.8) is 0 Å². The summed E-state index contributed by atoms with van der Waals surface area (Å²) in [6.07, 6.45) is 2.79. The van der Waals surface area contributed by atoms with E-state index in [-0.39, 0.29) is 11.7 Å². The summed E-state index contributed by atoms with van der Waals surface area (Å²) in [6.45, 7) is 4.14. The van der Waals surface area contributed by atoms with E-state index in [0.717, 1.165) is 61.9 Å². The number of carbonyl (C=O) groups excluding carboxylic acids is 1. The molecule has 0 spiro atoms. The van der Waals surface area contributed by atoms with Gasteiger partial charge < -0.3 is 4.90 Å². The van der Waals surface area contributed by atoms with Crippen LogP contribution in [0.4, 0.5) is 4.39 Å². The van der Waals surface area contributed by atoms with E-state index < -0.39 is 5.41 Å². The van der Waals surface area contributed by atoms with Gasteiger partial charge in [-0.25, -0.2) is 4.39 Å². The van der Waals surface area contributed by atoms with E-state index in [2.05, 4.69) is 11.0 Å². The predicted molar refractivity (Wildman–Crippen MR) is 103 cm³/mol. The Balaban J connectivity index is 1.40. The first-order valence-corrected chi connectivity index (χ1v) is 10.3. The highest BCUT2D eigenvalue weighted by atomic mass is 35.5. The molecule has 2 heterocycles. The fourth-order valence-corrected chi connectivity index (χ4v) is 5.12. The van der Waals surface area contributed by atoms with Crippen LogP contribution in [0.15, 0.2) is 36.4 Å². The summed E-state index contributed by atoms with van der Waals surface area (Å²) in [4.78, 5) is 18.9. The molecule has 0 unspecified atom stereocenters. The van der Waals surface area contributed by atoms with Gasteiger partial charge in [0.2, 0.25) is 5.91 Å². The lowest BCUT2D eigenvalue weighted by Crippen LogP contribution is -2.56. The highest BCUT2D eigenvalue weighted by Crippen LogP contribution is 2.45. The highest BCUT2D eigenvalue weighted by molar-refractivity contribution is 7.16. The molecule has 1 amide bonds. The molecule has 26 heavy (non-hydrogen) atoms. The first-order chi connectivity index (χ1) is 12.6. The minimum absolute atomic E-state index is 0.217. The molecule has 0 atom stereocenters. The van der Waals surface area contributed by atoms with E-state index in [1.807, 2.05) is 11.0 Å². The standard InChI is InChI=1S/C20H22ClFN2OS/c21-18-7-6-17(26-18)14-23-10-12-24(13-11-23)19(25)20(8-1-9-20)15-2-4-16(22)5-3-15/h2-7H,1,8-14H2. The molecule has 1 saturated heterocycles. The third kappa shape index (κ3) is 3.40. The third-order valence-electron chi connectivity index (χ3n) is 5.68. The topological polar surface area (TPSA) is 23.6 Å². The Hall–Kier alpha value is -1.43. The zero-order valence-electron chi connectivity index (χ0n) is 14.6. The lowest BCUT2D eigenvalue weighted by Gasteiger charge is -2.46. The monoisotopic (exact) mass is 392 g/mol. The first kappa shape index (κ1) is 18.0. The van der Waals surface area contributed by atoms with Crippen molar-refractivity contribution in [2.24, 2.45) is 0 Å². The van der Waals surface area contributed by atoms with Crippen LogP contribution in [0, 0.1) is 5.82 Å². The summed E-state index contributed by atoms with van der Waals surface area (Å²) >= 11 is 7.62. The molecular weight excluding hydrogens is 371 g/mol. The van der Waals surface area contributed by atoms with E-state index in [1.165, 1.54) is 17.0 Å². The molecule has 3 nitrogen and oxygen atoms in total. The van der Waals surface area contributed by atoms with Crippen LogP contribution in [0.3, 0.4) is 0 Å². The van der Waals surface area contributed by atoms with E-state index in [9.17, 15) is 9.18 Å². The predicted octanol–water partition coefficient (Wildman–Crippen LogP) is 4.31. The zero-order chi connectivity index (χ0) is 18.1. The van der Waals surface area contributed by atoms with Crippen molar-refractivity contribution < 1.29 is 9.18 Å². The van der Waals surface area contributed by atoms with E-state index in [4.69, 9.17) is 11.6 Å². The molecule has 0 bridgehead atoms. The van der Waals surface area contributed by atoms with Crippen molar-refractivity contribution in [3.8, 4) is 0 Å². The van der Waals surface area contributed by atoms with Crippen LogP contribution in [-0.4, -0.2) is 41.9 Å². The quantitative estimate of drug-likeness (QED) is 0.774. The Labute approximate surface area is 162 Å². The molecule has 0 radical (unpaired) electrons. The van der Waals surface area contributed by atoms with Crippen LogP contribution in [0.2, 0.25) is 4.34 Å². The van der Waals surface area contributed by atoms with E-state index in [1.54, 1.807) is 23.5 Å². The second-order valence-electron chi connectivity index (χ2n) is 7.22. The van der Waals surface area contributed by atoms with Crippen molar-refractivity contribution in [1.82, 2.24) is 9.80 Å². The third-order valence-corrected chi connectivity index (χ3v) is 6.90. The van der Waals surface area contributed by atoms with Gasteiger partial charge >= 0.3 is 0 Å². The van der Waals surface area contributed by atoms with Crippen LogP contribution in [0.5, 0.6) is 0 Å². The van der Waals surface area contributed by atoms with Crippen molar-refractivity contribution in [2.75, 3.05) is 26.2 Å². The zero-order valence-corrected chi connectivity index (χ0v) is 16.2. The van der Waals surface area contributed by atoms with E-state index >= 15 is 0 Å². The Bertz CT molecular complexity index is 779. The van der Waals surface area contributed by atoms with E-state index in [0.29, 0.717) is 0 Å². The molecule has 0 N–H and O–H groups in total. The normalized spacial score (nSPS) is 20.0. The van der Waals surface area contributed by atoms with Crippen molar-refractivity contribution >= 4 is 28.8 Å². The van der Waals surface area contributed by atoms with Crippen LogP contribution in [0.25, 0.3) is 0 Å².